The molecule has 2 heterocycles. The molecule has 114 valence electrons. The van der Waals surface area contributed by atoms with Gasteiger partial charge in [0.2, 0.25) is 5.91 Å². The Kier molecular flexibility index (Phi) is 8.24. The molecule has 1 unspecified atom stereocenters. The van der Waals surface area contributed by atoms with Crippen molar-refractivity contribution in [2.75, 3.05) is 39.8 Å². The van der Waals surface area contributed by atoms with Crippen molar-refractivity contribution in [1.29, 1.82) is 0 Å². The Morgan fingerprint density at radius 3 is 2.53 bits per heavy atom. The van der Waals surface area contributed by atoms with Crippen LogP contribution in [0.1, 0.15) is 13.8 Å². The summed E-state index contributed by atoms with van der Waals surface area (Å²) in [6, 6.07) is 0.117. The third-order valence-electron chi connectivity index (χ3n) is 3.70. The molecule has 0 spiro atoms. The van der Waals surface area contributed by atoms with Gasteiger partial charge in [0.15, 0.2) is 0 Å². The van der Waals surface area contributed by atoms with Crippen LogP contribution in [0.4, 0.5) is 0 Å². The molecule has 0 aliphatic carbocycles. The molecule has 2 saturated heterocycles. The molecule has 0 aromatic heterocycles. The minimum absolute atomic E-state index is 0. The average molecular weight is 314 g/mol. The van der Waals surface area contributed by atoms with Crippen molar-refractivity contribution >= 4 is 30.7 Å². The number of hydrogen-bond donors (Lipinski definition) is 1. The molecule has 2 fully saturated rings. The van der Waals surface area contributed by atoms with Gasteiger partial charge in [0.1, 0.15) is 6.04 Å². The van der Waals surface area contributed by atoms with Gasteiger partial charge in [-0.1, -0.05) is 0 Å². The number of morpholine rings is 1. The highest BCUT2D eigenvalue weighted by molar-refractivity contribution is 5.85. The van der Waals surface area contributed by atoms with E-state index in [2.05, 4.69) is 24.2 Å². The Bertz CT molecular complexity index is 294. The van der Waals surface area contributed by atoms with E-state index in [1.807, 2.05) is 11.8 Å². The Balaban J connectivity index is 0.00000162. The van der Waals surface area contributed by atoms with Crippen LogP contribution in [0.2, 0.25) is 0 Å². The fraction of sp³-hybridized carbons (Fsp3) is 0.917. The second-order valence-electron chi connectivity index (χ2n) is 5.15. The highest BCUT2D eigenvalue weighted by Gasteiger charge is 2.35. The second-order valence-corrected chi connectivity index (χ2v) is 5.15. The molecule has 0 aromatic carbocycles. The van der Waals surface area contributed by atoms with E-state index in [1.54, 1.807) is 0 Å². The number of rotatable bonds is 1. The SMILES string of the molecule is CC1CN(C)CCN1C(=O)[C@H]1NCCO[C@@H]1C.Cl.Cl. The number of nitrogens with one attached hydrogen (secondary N) is 1. The number of nitrogens with zero attached hydrogens (tertiary/aromatic N) is 2. The molecular weight excluding hydrogens is 289 g/mol. The highest BCUT2D eigenvalue weighted by Crippen LogP contribution is 2.13. The smallest absolute Gasteiger partial charge is 0.242 e. The minimum atomic E-state index is -0.172. The van der Waals surface area contributed by atoms with Crippen molar-refractivity contribution in [3.05, 3.63) is 0 Å². The first-order valence-corrected chi connectivity index (χ1v) is 6.43. The quantitative estimate of drug-likeness (QED) is 0.760. The fourth-order valence-corrected chi connectivity index (χ4v) is 2.66. The van der Waals surface area contributed by atoms with E-state index >= 15 is 0 Å². The van der Waals surface area contributed by atoms with Gasteiger partial charge in [-0.15, -0.1) is 24.8 Å². The van der Waals surface area contributed by atoms with E-state index < -0.39 is 0 Å². The first-order chi connectivity index (χ1) is 8.09. The maximum Gasteiger partial charge on any atom is 0.242 e. The number of likely N-dealkylation sites (N-methyl/N-ethyl adjacent to an activating group) is 1. The molecule has 0 saturated carbocycles. The van der Waals surface area contributed by atoms with Crippen molar-refractivity contribution in [2.24, 2.45) is 0 Å². The molecule has 0 radical (unpaired) electrons. The second kappa shape index (κ2) is 8.27. The summed E-state index contributed by atoms with van der Waals surface area (Å²) in [7, 11) is 2.10. The van der Waals surface area contributed by atoms with Crippen molar-refractivity contribution in [2.45, 2.75) is 32.0 Å². The van der Waals surface area contributed by atoms with Crippen molar-refractivity contribution in [3.8, 4) is 0 Å². The lowest BCUT2D eigenvalue weighted by Gasteiger charge is -2.41. The predicted molar refractivity (Wildman–Crippen MR) is 80.4 cm³/mol. The minimum Gasteiger partial charge on any atom is -0.375 e. The van der Waals surface area contributed by atoms with Crippen LogP contribution < -0.4 is 5.32 Å². The zero-order valence-corrected chi connectivity index (χ0v) is 13.4. The van der Waals surface area contributed by atoms with Gasteiger partial charge in [-0.05, 0) is 20.9 Å². The molecule has 3 atom stereocenters. The molecule has 5 nitrogen and oxygen atoms in total. The van der Waals surface area contributed by atoms with Crippen LogP contribution >= 0.6 is 24.8 Å². The summed E-state index contributed by atoms with van der Waals surface area (Å²) in [6.07, 6.45) is -0.0249. The number of carbonyl (C=O) groups is 1. The molecular formula is C12H25Cl2N3O2. The van der Waals surface area contributed by atoms with E-state index in [9.17, 15) is 4.79 Å². The Labute approximate surface area is 127 Å². The molecule has 0 aromatic rings. The predicted octanol–water partition coefficient (Wildman–Crippen LogP) is 0.369. The van der Waals surface area contributed by atoms with Gasteiger partial charge in [0, 0.05) is 32.2 Å². The summed E-state index contributed by atoms with van der Waals surface area (Å²) in [5, 5.41) is 3.27. The highest BCUT2D eigenvalue weighted by atomic mass is 35.5. The van der Waals surface area contributed by atoms with E-state index in [0.29, 0.717) is 6.61 Å². The number of amides is 1. The molecule has 0 bridgehead atoms. The van der Waals surface area contributed by atoms with E-state index in [-0.39, 0.29) is 48.9 Å². The molecule has 19 heavy (non-hydrogen) atoms. The number of piperazine rings is 1. The van der Waals surface area contributed by atoms with Crippen molar-refractivity contribution in [3.63, 3.8) is 0 Å². The summed E-state index contributed by atoms with van der Waals surface area (Å²) in [6.45, 7) is 8.27. The first-order valence-electron chi connectivity index (χ1n) is 6.43. The lowest BCUT2D eigenvalue weighted by molar-refractivity contribution is -0.143. The lowest BCUT2D eigenvalue weighted by atomic mass is 10.1. The molecule has 1 N–H and O–H groups in total. The summed E-state index contributed by atoms with van der Waals surface area (Å²) in [5.41, 5.74) is 0. The van der Waals surface area contributed by atoms with Gasteiger partial charge in [0.25, 0.3) is 0 Å². The zero-order valence-electron chi connectivity index (χ0n) is 11.8. The maximum absolute atomic E-state index is 12.4. The van der Waals surface area contributed by atoms with E-state index in [0.717, 1.165) is 26.2 Å². The number of hydrogen-bond acceptors (Lipinski definition) is 4. The van der Waals surface area contributed by atoms with Crippen LogP contribution in [-0.4, -0.2) is 73.7 Å². The normalized spacial score (nSPS) is 32.2. The third-order valence-corrected chi connectivity index (χ3v) is 3.70. The van der Waals surface area contributed by atoms with Gasteiger partial charge in [-0.25, -0.2) is 0 Å². The number of ether oxygens (including phenoxy) is 1. The summed E-state index contributed by atoms with van der Waals surface area (Å²) in [5.74, 6) is 0.192. The first kappa shape index (κ1) is 18.9. The van der Waals surface area contributed by atoms with Crippen LogP contribution in [0.5, 0.6) is 0 Å². The average Bonchev–Trinajstić information content (AvgIpc) is 2.29. The number of carbonyl (C=O) groups excluding carboxylic acids is 1. The zero-order chi connectivity index (χ0) is 12.4. The molecule has 7 heteroatoms. The van der Waals surface area contributed by atoms with Gasteiger partial charge < -0.3 is 19.9 Å². The number of halogens is 2. The Hall–Kier alpha value is -0.0700. The van der Waals surface area contributed by atoms with Crippen LogP contribution in [0.3, 0.4) is 0 Å². The Morgan fingerprint density at radius 1 is 1.26 bits per heavy atom. The van der Waals surface area contributed by atoms with Gasteiger partial charge in [0.05, 0.1) is 12.7 Å². The van der Waals surface area contributed by atoms with Crippen molar-refractivity contribution < 1.29 is 9.53 Å². The van der Waals surface area contributed by atoms with Gasteiger partial charge in [-0.3, -0.25) is 4.79 Å². The summed E-state index contributed by atoms with van der Waals surface area (Å²) < 4.78 is 5.54. The third kappa shape index (κ3) is 4.46. The van der Waals surface area contributed by atoms with E-state index in [1.165, 1.54) is 0 Å². The van der Waals surface area contributed by atoms with Crippen molar-refractivity contribution in [1.82, 2.24) is 15.1 Å². The molecule has 1 amide bonds. The summed E-state index contributed by atoms with van der Waals surface area (Å²) >= 11 is 0. The lowest BCUT2D eigenvalue weighted by Crippen LogP contribution is -2.61. The van der Waals surface area contributed by atoms with Gasteiger partial charge in [-0.2, -0.15) is 0 Å². The van der Waals surface area contributed by atoms with Crippen LogP contribution in [0.15, 0.2) is 0 Å². The Morgan fingerprint density at radius 2 is 1.95 bits per heavy atom. The standard InChI is InChI=1S/C12H23N3O2.2ClH/c1-9-8-14(3)5-6-15(9)12(16)11-10(2)17-7-4-13-11;;/h9-11,13H,4-8H2,1-3H3;2*1H/t9?,10-,11+;;/m1../s1. The van der Waals surface area contributed by atoms with Crippen LogP contribution in [0, 0.1) is 0 Å². The molecule has 2 rings (SSSR count). The van der Waals surface area contributed by atoms with Gasteiger partial charge >= 0.3 is 0 Å². The molecule has 2 aliphatic heterocycles. The topological polar surface area (TPSA) is 44.8 Å². The fourth-order valence-electron chi connectivity index (χ4n) is 2.66. The van der Waals surface area contributed by atoms with E-state index in [4.69, 9.17) is 4.74 Å². The van der Waals surface area contributed by atoms with Crippen LogP contribution in [-0.2, 0) is 9.53 Å². The monoisotopic (exact) mass is 313 g/mol. The van der Waals surface area contributed by atoms with Crippen LogP contribution in [0.25, 0.3) is 0 Å². The molecule has 2 aliphatic rings. The largest absolute Gasteiger partial charge is 0.375 e. The summed E-state index contributed by atoms with van der Waals surface area (Å²) in [4.78, 5) is 16.7. The maximum atomic E-state index is 12.4.